The van der Waals surface area contributed by atoms with Gasteiger partial charge in [0.1, 0.15) is 5.75 Å². The van der Waals surface area contributed by atoms with Crippen LogP contribution in [0.4, 0.5) is 0 Å². The molecule has 116 valence electrons. The first-order chi connectivity index (χ1) is 9.94. The SMILES string of the molecule is CS(=O)(=O)NCCC(=O)NCC1COc2ccccc2C1. The number of para-hydroxylation sites is 1. The summed E-state index contributed by atoms with van der Waals surface area (Å²) in [6.45, 7) is 1.24. The van der Waals surface area contributed by atoms with Crippen molar-refractivity contribution >= 4 is 15.9 Å². The van der Waals surface area contributed by atoms with E-state index in [1.165, 1.54) is 0 Å². The molecule has 1 heterocycles. The van der Waals surface area contributed by atoms with Crippen LogP contribution in [0.25, 0.3) is 0 Å². The molecule has 0 saturated carbocycles. The number of nitrogens with one attached hydrogen (secondary N) is 2. The molecule has 1 aromatic carbocycles. The molecule has 1 aliphatic rings. The number of sulfonamides is 1. The van der Waals surface area contributed by atoms with E-state index in [0.717, 1.165) is 24.0 Å². The van der Waals surface area contributed by atoms with Gasteiger partial charge >= 0.3 is 0 Å². The smallest absolute Gasteiger partial charge is 0.221 e. The summed E-state index contributed by atoms with van der Waals surface area (Å²) in [6, 6.07) is 7.88. The van der Waals surface area contributed by atoms with E-state index >= 15 is 0 Å². The number of benzene rings is 1. The van der Waals surface area contributed by atoms with Crippen LogP contribution in [0.15, 0.2) is 24.3 Å². The maximum Gasteiger partial charge on any atom is 0.221 e. The quantitative estimate of drug-likeness (QED) is 0.791. The molecule has 1 aromatic rings. The third-order valence-electron chi connectivity index (χ3n) is 3.26. The third kappa shape index (κ3) is 5.35. The molecule has 21 heavy (non-hydrogen) atoms. The molecule has 0 bridgehead atoms. The lowest BCUT2D eigenvalue weighted by Gasteiger charge is -2.25. The van der Waals surface area contributed by atoms with Crippen LogP contribution in [-0.2, 0) is 21.2 Å². The maximum absolute atomic E-state index is 11.6. The number of hydrogen-bond acceptors (Lipinski definition) is 4. The molecule has 7 heteroatoms. The zero-order valence-electron chi connectivity index (χ0n) is 12.0. The van der Waals surface area contributed by atoms with Gasteiger partial charge in [-0.3, -0.25) is 4.79 Å². The third-order valence-corrected chi connectivity index (χ3v) is 3.99. The second kappa shape index (κ2) is 6.91. The molecule has 0 aromatic heterocycles. The van der Waals surface area contributed by atoms with Crippen molar-refractivity contribution in [3.63, 3.8) is 0 Å². The van der Waals surface area contributed by atoms with Crippen LogP contribution >= 0.6 is 0 Å². The fourth-order valence-electron chi connectivity index (χ4n) is 2.22. The monoisotopic (exact) mass is 312 g/mol. The number of rotatable bonds is 6. The van der Waals surface area contributed by atoms with Crippen LogP contribution in [0.1, 0.15) is 12.0 Å². The molecule has 0 fully saturated rings. The van der Waals surface area contributed by atoms with Gasteiger partial charge in [0.2, 0.25) is 15.9 Å². The largest absolute Gasteiger partial charge is 0.493 e. The Bertz CT molecular complexity index is 601. The predicted molar refractivity (Wildman–Crippen MR) is 79.6 cm³/mol. The molecule has 0 spiro atoms. The zero-order valence-corrected chi connectivity index (χ0v) is 12.8. The van der Waals surface area contributed by atoms with Crippen LogP contribution in [0.5, 0.6) is 5.75 Å². The van der Waals surface area contributed by atoms with E-state index in [1.54, 1.807) is 0 Å². The van der Waals surface area contributed by atoms with Crippen molar-refractivity contribution in [2.45, 2.75) is 12.8 Å². The number of carbonyl (C=O) groups excluding carboxylic acids is 1. The van der Waals surface area contributed by atoms with Crippen LogP contribution in [0.3, 0.4) is 0 Å². The van der Waals surface area contributed by atoms with Crippen molar-refractivity contribution in [3.8, 4) is 5.75 Å². The Balaban J connectivity index is 1.71. The lowest BCUT2D eigenvalue weighted by atomic mass is 9.97. The normalized spacial score (nSPS) is 17.7. The van der Waals surface area contributed by atoms with Gasteiger partial charge in [-0.1, -0.05) is 18.2 Å². The van der Waals surface area contributed by atoms with Gasteiger partial charge in [-0.25, -0.2) is 13.1 Å². The van der Waals surface area contributed by atoms with Gasteiger partial charge in [0.05, 0.1) is 12.9 Å². The predicted octanol–water partition coefficient (Wildman–Crippen LogP) is 0.293. The van der Waals surface area contributed by atoms with E-state index in [4.69, 9.17) is 4.74 Å². The Morgan fingerprint density at radius 2 is 2.14 bits per heavy atom. The fourth-order valence-corrected chi connectivity index (χ4v) is 2.69. The Hall–Kier alpha value is -1.60. The summed E-state index contributed by atoms with van der Waals surface area (Å²) in [7, 11) is -3.24. The summed E-state index contributed by atoms with van der Waals surface area (Å²) >= 11 is 0. The summed E-state index contributed by atoms with van der Waals surface area (Å²) in [5, 5.41) is 2.82. The van der Waals surface area contributed by atoms with Crippen molar-refractivity contribution < 1.29 is 17.9 Å². The summed E-state index contributed by atoms with van der Waals surface area (Å²) < 4.78 is 29.7. The fraction of sp³-hybridized carbons (Fsp3) is 0.500. The first-order valence-corrected chi connectivity index (χ1v) is 8.75. The van der Waals surface area contributed by atoms with Crippen LogP contribution < -0.4 is 14.8 Å². The van der Waals surface area contributed by atoms with Crippen LogP contribution in [0, 0.1) is 5.92 Å². The molecular weight excluding hydrogens is 292 g/mol. The zero-order chi connectivity index (χ0) is 15.3. The minimum absolute atomic E-state index is 0.120. The summed E-state index contributed by atoms with van der Waals surface area (Å²) in [4.78, 5) is 11.6. The molecule has 0 saturated heterocycles. The summed E-state index contributed by atoms with van der Waals surface area (Å²) in [6.07, 6.45) is 2.08. The number of amides is 1. The number of carbonyl (C=O) groups is 1. The van der Waals surface area contributed by atoms with E-state index in [9.17, 15) is 13.2 Å². The molecule has 6 nitrogen and oxygen atoms in total. The average molecular weight is 312 g/mol. The first kappa shape index (κ1) is 15.8. The topological polar surface area (TPSA) is 84.5 Å². The standard InChI is InChI=1S/C14H20N2O4S/c1-21(18,19)16-7-6-14(17)15-9-11-8-12-4-2-3-5-13(12)20-10-11/h2-5,11,16H,6-10H2,1H3,(H,15,17). The summed E-state index contributed by atoms with van der Waals surface area (Å²) in [5.41, 5.74) is 1.15. The lowest BCUT2D eigenvalue weighted by Crippen LogP contribution is -2.36. The lowest BCUT2D eigenvalue weighted by molar-refractivity contribution is -0.121. The molecule has 2 rings (SSSR count). The highest BCUT2D eigenvalue weighted by molar-refractivity contribution is 7.88. The van der Waals surface area contributed by atoms with Gasteiger partial charge in [-0.2, -0.15) is 0 Å². The maximum atomic E-state index is 11.6. The van der Waals surface area contributed by atoms with Crippen molar-refractivity contribution in [2.75, 3.05) is 26.0 Å². The molecule has 1 aliphatic heterocycles. The minimum Gasteiger partial charge on any atom is -0.493 e. The average Bonchev–Trinajstić information content (AvgIpc) is 2.43. The van der Waals surface area contributed by atoms with Crippen LogP contribution in [-0.4, -0.2) is 40.3 Å². The minimum atomic E-state index is -3.24. The van der Waals surface area contributed by atoms with E-state index in [2.05, 4.69) is 10.0 Å². The van der Waals surface area contributed by atoms with E-state index in [-0.39, 0.29) is 24.8 Å². The molecule has 1 unspecified atom stereocenters. The molecular formula is C14H20N2O4S. The second-order valence-electron chi connectivity index (χ2n) is 5.21. The highest BCUT2D eigenvalue weighted by Crippen LogP contribution is 2.26. The highest BCUT2D eigenvalue weighted by Gasteiger charge is 2.19. The molecule has 2 N–H and O–H groups in total. The number of ether oxygens (including phenoxy) is 1. The van der Waals surface area contributed by atoms with Gasteiger partial charge in [-0.05, 0) is 18.1 Å². The highest BCUT2D eigenvalue weighted by atomic mass is 32.2. The van der Waals surface area contributed by atoms with Crippen LogP contribution in [0.2, 0.25) is 0 Å². The Kier molecular flexibility index (Phi) is 5.19. The van der Waals surface area contributed by atoms with Gasteiger partial charge in [-0.15, -0.1) is 0 Å². The number of hydrogen-bond donors (Lipinski definition) is 2. The molecule has 0 radical (unpaired) electrons. The first-order valence-electron chi connectivity index (χ1n) is 6.86. The van der Waals surface area contributed by atoms with E-state index in [0.29, 0.717) is 13.2 Å². The molecule has 1 amide bonds. The van der Waals surface area contributed by atoms with Gasteiger partial charge in [0.25, 0.3) is 0 Å². The van der Waals surface area contributed by atoms with Crippen molar-refractivity contribution in [1.82, 2.24) is 10.0 Å². The van der Waals surface area contributed by atoms with Gasteiger partial charge in [0, 0.05) is 25.4 Å². The van der Waals surface area contributed by atoms with Crippen molar-refractivity contribution in [2.24, 2.45) is 5.92 Å². The van der Waals surface area contributed by atoms with E-state index < -0.39 is 10.0 Å². The van der Waals surface area contributed by atoms with Gasteiger partial charge in [0.15, 0.2) is 0 Å². The van der Waals surface area contributed by atoms with Crippen molar-refractivity contribution in [3.05, 3.63) is 29.8 Å². The molecule has 1 atom stereocenters. The van der Waals surface area contributed by atoms with Crippen molar-refractivity contribution in [1.29, 1.82) is 0 Å². The Labute approximate surface area is 124 Å². The Morgan fingerprint density at radius 1 is 1.38 bits per heavy atom. The number of fused-ring (bicyclic) bond motifs is 1. The molecule has 0 aliphatic carbocycles. The Morgan fingerprint density at radius 3 is 2.90 bits per heavy atom. The second-order valence-corrected chi connectivity index (χ2v) is 7.04. The summed E-state index contributed by atoms with van der Waals surface area (Å²) in [5.74, 6) is 0.995. The van der Waals surface area contributed by atoms with Gasteiger partial charge < -0.3 is 10.1 Å². The van der Waals surface area contributed by atoms with E-state index in [1.807, 2.05) is 24.3 Å².